The number of hydrazone groups is 1. The lowest BCUT2D eigenvalue weighted by molar-refractivity contribution is -0.122. The summed E-state index contributed by atoms with van der Waals surface area (Å²) in [6.07, 6.45) is 0.889. The molecule has 0 radical (unpaired) electrons. The Labute approximate surface area is 126 Å². The van der Waals surface area contributed by atoms with Gasteiger partial charge < -0.3 is 5.32 Å². The molecule has 20 heavy (non-hydrogen) atoms. The van der Waals surface area contributed by atoms with Gasteiger partial charge in [0.1, 0.15) is 0 Å². The Hall–Kier alpha value is -1.69. The molecule has 5 nitrogen and oxygen atoms in total. The third kappa shape index (κ3) is 3.66. The van der Waals surface area contributed by atoms with Gasteiger partial charge in [-0.3, -0.25) is 9.59 Å². The van der Waals surface area contributed by atoms with Crippen LogP contribution in [0, 0.1) is 5.92 Å². The van der Waals surface area contributed by atoms with Gasteiger partial charge in [0.05, 0.1) is 5.71 Å². The van der Waals surface area contributed by atoms with E-state index in [2.05, 4.69) is 31.8 Å². The van der Waals surface area contributed by atoms with Crippen molar-refractivity contribution < 1.29 is 9.59 Å². The van der Waals surface area contributed by atoms with Crippen molar-refractivity contribution in [2.24, 2.45) is 11.0 Å². The summed E-state index contributed by atoms with van der Waals surface area (Å²) in [7, 11) is 0. The number of nitrogens with zero attached hydrogens (tertiary/aromatic N) is 1. The first-order valence-electron chi connectivity index (χ1n) is 6.43. The molecule has 1 heterocycles. The molecule has 0 fully saturated rings. The molecule has 106 valence electrons. The second kappa shape index (κ2) is 6.65. The average Bonchev–Trinajstić information content (AvgIpc) is 2.40. The second-order valence-corrected chi connectivity index (χ2v) is 5.49. The molecule has 1 aromatic carbocycles. The van der Waals surface area contributed by atoms with Gasteiger partial charge >= 0.3 is 0 Å². The molecule has 0 bridgehead atoms. The number of carbonyl (C=O) groups is 2. The Morgan fingerprint density at radius 1 is 1.45 bits per heavy atom. The number of rotatable bonds is 4. The van der Waals surface area contributed by atoms with Gasteiger partial charge in [-0.15, -0.1) is 0 Å². The lowest BCUT2D eigenvalue weighted by atomic mass is 9.94. The highest BCUT2D eigenvalue weighted by Crippen LogP contribution is 2.18. The molecule has 0 spiro atoms. The van der Waals surface area contributed by atoms with E-state index in [0.29, 0.717) is 18.2 Å². The van der Waals surface area contributed by atoms with E-state index in [1.807, 2.05) is 31.2 Å². The zero-order valence-corrected chi connectivity index (χ0v) is 12.7. The summed E-state index contributed by atoms with van der Waals surface area (Å²) < 4.78 is 0. The molecule has 2 amide bonds. The van der Waals surface area contributed by atoms with Crippen LogP contribution in [-0.2, 0) is 9.59 Å². The lowest BCUT2D eigenvalue weighted by Gasteiger charge is -2.19. The Kier molecular flexibility index (Phi) is 4.89. The molecule has 1 atom stereocenters. The van der Waals surface area contributed by atoms with E-state index >= 15 is 0 Å². The van der Waals surface area contributed by atoms with E-state index in [9.17, 15) is 9.59 Å². The second-order valence-electron chi connectivity index (χ2n) is 4.70. The highest BCUT2D eigenvalue weighted by molar-refractivity contribution is 9.09. The van der Waals surface area contributed by atoms with Crippen molar-refractivity contribution in [3.63, 3.8) is 0 Å². The fourth-order valence-corrected chi connectivity index (χ4v) is 2.40. The number of amides is 2. The smallest absolute Gasteiger partial charge is 0.240 e. The zero-order valence-electron chi connectivity index (χ0n) is 11.1. The van der Waals surface area contributed by atoms with E-state index in [1.165, 1.54) is 0 Å². The molecule has 2 rings (SSSR count). The van der Waals surface area contributed by atoms with E-state index in [4.69, 9.17) is 0 Å². The number of alkyl halides is 1. The van der Waals surface area contributed by atoms with Crippen molar-refractivity contribution in [2.45, 2.75) is 19.8 Å². The Morgan fingerprint density at radius 2 is 2.15 bits per heavy atom. The highest BCUT2D eigenvalue weighted by atomic mass is 79.9. The van der Waals surface area contributed by atoms with Gasteiger partial charge in [0, 0.05) is 29.8 Å². The molecule has 0 saturated carbocycles. The number of nitrogens with one attached hydrogen (secondary N) is 2. The number of anilines is 1. The first-order valence-corrected chi connectivity index (χ1v) is 7.55. The van der Waals surface area contributed by atoms with Crippen molar-refractivity contribution in [2.75, 3.05) is 10.6 Å². The monoisotopic (exact) mass is 337 g/mol. The van der Waals surface area contributed by atoms with Crippen molar-refractivity contribution in [3.8, 4) is 0 Å². The molecule has 6 heteroatoms. The van der Waals surface area contributed by atoms with Crippen molar-refractivity contribution >= 4 is 39.1 Å². The summed E-state index contributed by atoms with van der Waals surface area (Å²) in [5, 5.41) is 7.56. The SMILES string of the molecule is CC1CC(=O)NN=C1c1ccc(NC(=O)CCBr)cc1. The predicted octanol–water partition coefficient (Wildman–Crippen LogP) is 2.27. The quantitative estimate of drug-likeness (QED) is 0.827. The summed E-state index contributed by atoms with van der Waals surface area (Å²) in [4.78, 5) is 22.7. The molecule has 1 aliphatic heterocycles. The summed E-state index contributed by atoms with van der Waals surface area (Å²) in [5.41, 5.74) is 5.07. The molecule has 1 aliphatic rings. The van der Waals surface area contributed by atoms with Crippen molar-refractivity contribution in [1.82, 2.24) is 5.43 Å². The van der Waals surface area contributed by atoms with Crippen LogP contribution in [0.2, 0.25) is 0 Å². The number of benzene rings is 1. The van der Waals surface area contributed by atoms with E-state index in [0.717, 1.165) is 17.0 Å². The molecular formula is C14H16BrN3O2. The molecule has 0 aromatic heterocycles. The van der Waals surface area contributed by atoms with Crippen LogP contribution >= 0.6 is 15.9 Å². The number of carbonyl (C=O) groups excluding carboxylic acids is 2. The summed E-state index contributed by atoms with van der Waals surface area (Å²) in [5.74, 6) is 0.0164. The third-order valence-electron chi connectivity index (χ3n) is 3.05. The largest absolute Gasteiger partial charge is 0.326 e. The number of halogens is 1. The van der Waals surface area contributed by atoms with Crippen LogP contribution in [0.5, 0.6) is 0 Å². The van der Waals surface area contributed by atoms with Gasteiger partial charge in [-0.1, -0.05) is 35.0 Å². The van der Waals surface area contributed by atoms with Crippen LogP contribution in [0.3, 0.4) is 0 Å². The third-order valence-corrected chi connectivity index (χ3v) is 3.44. The molecule has 1 unspecified atom stereocenters. The van der Waals surface area contributed by atoms with E-state index < -0.39 is 0 Å². The standard InChI is InChI=1S/C14H16BrN3O2/c1-9-8-13(20)17-18-14(9)10-2-4-11(5-3-10)16-12(19)6-7-15/h2-5,9H,6-8H2,1H3,(H,16,19)(H,17,20). The van der Waals surface area contributed by atoms with Crippen LogP contribution in [0.4, 0.5) is 5.69 Å². The lowest BCUT2D eigenvalue weighted by Crippen LogP contribution is -2.31. The Balaban J connectivity index is 2.08. The van der Waals surface area contributed by atoms with Crippen LogP contribution in [-0.4, -0.2) is 22.9 Å². The van der Waals surface area contributed by atoms with Crippen LogP contribution in [0.25, 0.3) is 0 Å². The van der Waals surface area contributed by atoms with Gasteiger partial charge in [-0.25, -0.2) is 5.43 Å². The minimum Gasteiger partial charge on any atom is -0.326 e. The zero-order chi connectivity index (χ0) is 14.5. The normalized spacial score (nSPS) is 18.2. The summed E-state index contributed by atoms with van der Waals surface area (Å²) >= 11 is 3.23. The molecule has 0 aliphatic carbocycles. The maximum atomic E-state index is 11.5. The maximum Gasteiger partial charge on any atom is 0.240 e. The molecule has 1 aromatic rings. The first kappa shape index (κ1) is 14.7. The molecule has 0 saturated heterocycles. The minimum absolute atomic E-state index is 0.0229. The highest BCUT2D eigenvalue weighted by Gasteiger charge is 2.21. The van der Waals surface area contributed by atoms with Gasteiger partial charge in [0.25, 0.3) is 0 Å². The van der Waals surface area contributed by atoms with Crippen LogP contribution in [0.1, 0.15) is 25.3 Å². The topological polar surface area (TPSA) is 70.6 Å². The number of hydrogen-bond acceptors (Lipinski definition) is 3. The minimum atomic E-state index is -0.0556. The Morgan fingerprint density at radius 3 is 2.75 bits per heavy atom. The van der Waals surface area contributed by atoms with Crippen molar-refractivity contribution in [1.29, 1.82) is 0 Å². The average molecular weight is 338 g/mol. The fraction of sp³-hybridized carbons (Fsp3) is 0.357. The summed E-state index contributed by atoms with van der Waals surface area (Å²) in [6.45, 7) is 1.98. The van der Waals surface area contributed by atoms with E-state index in [-0.39, 0.29) is 17.7 Å². The van der Waals surface area contributed by atoms with Crippen LogP contribution < -0.4 is 10.7 Å². The molecular weight excluding hydrogens is 322 g/mol. The predicted molar refractivity (Wildman–Crippen MR) is 81.9 cm³/mol. The number of hydrogen-bond donors (Lipinski definition) is 2. The van der Waals surface area contributed by atoms with Gasteiger partial charge in [-0.2, -0.15) is 5.10 Å². The summed E-state index contributed by atoms with van der Waals surface area (Å²) in [6, 6.07) is 7.48. The Bertz CT molecular complexity index is 540. The molecule has 2 N–H and O–H groups in total. The van der Waals surface area contributed by atoms with Gasteiger partial charge in [-0.05, 0) is 17.7 Å². The maximum absolute atomic E-state index is 11.5. The van der Waals surface area contributed by atoms with Crippen molar-refractivity contribution in [3.05, 3.63) is 29.8 Å². The van der Waals surface area contributed by atoms with E-state index in [1.54, 1.807) is 0 Å². The van der Waals surface area contributed by atoms with Crippen LogP contribution in [0.15, 0.2) is 29.4 Å². The fourth-order valence-electron chi connectivity index (χ4n) is 2.04. The van der Waals surface area contributed by atoms with Gasteiger partial charge in [0.2, 0.25) is 11.8 Å². The van der Waals surface area contributed by atoms with Gasteiger partial charge in [0.15, 0.2) is 0 Å². The first-order chi connectivity index (χ1) is 9.60.